The highest BCUT2D eigenvalue weighted by Crippen LogP contribution is 1.97. The molecule has 0 aromatic heterocycles. The van der Waals surface area contributed by atoms with E-state index in [-0.39, 0.29) is 13.1 Å². The Morgan fingerprint density at radius 3 is 2.47 bits per heavy atom. The van der Waals surface area contributed by atoms with Crippen molar-refractivity contribution >= 4 is 12.2 Å². The van der Waals surface area contributed by atoms with Crippen molar-refractivity contribution in [3.63, 3.8) is 0 Å². The highest BCUT2D eigenvalue weighted by Gasteiger charge is 2.08. The van der Waals surface area contributed by atoms with Crippen LogP contribution in [0, 0.1) is 11.3 Å². The van der Waals surface area contributed by atoms with Crippen molar-refractivity contribution in [3.05, 3.63) is 35.9 Å². The number of nitriles is 1. The molecule has 0 radical (unpaired) electrons. The molecule has 0 unspecified atom stereocenters. The molecule has 0 aliphatic heterocycles. The van der Waals surface area contributed by atoms with E-state index in [9.17, 15) is 9.59 Å². The molecule has 1 aromatic carbocycles. The van der Waals surface area contributed by atoms with Crippen LogP contribution in [-0.2, 0) is 11.3 Å². The molecular formula is C11H11N3O3. The zero-order valence-electron chi connectivity index (χ0n) is 8.97. The average Bonchev–Trinajstić information content (AvgIpc) is 2.35. The summed E-state index contributed by atoms with van der Waals surface area (Å²) in [6.45, 7) is 0.0655. The van der Waals surface area contributed by atoms with Gasteiger partial charge in [0.2, 0.25) is 0 Å². The summed E-state index contributed by atoms with van der Waals surface area (Å²) in [6, 6.07) is 10.9. The van der Waals surface area contributed by atoms with Gasteiger partial charge in [-0.2, -0.15) is 5.26 Å². The number of amides is 2. The molecule has 6 nitrogen and oxygen atoms in total. The zero-order valence-corrected chi connectivity index (χ0v) is 8.97. The Labute approximate surface area is 98.2 Å². The molecule has 0 atom stereocenters. The molecule has 6 heteroatoms. The summed E-state index contributed by atoms with van der Waals surface area (Å²) in [7, 11) is 0. The molecule has 0 fully saturated rings. The van der Waals surface area contributed by atoms with Gasteiger partial charge in [0.05, 0.1) is 6.07 Å². The second-order valence-electron chi connectivity index (χ2n) is 3.03. The predicted molar refractivity (Wildman–Crippen MR) is 58.8 cm³/mol. The van der Waals surface area contributed by atoms with E-state index in [0.29, 0.717) is 0 Å². The summed E-state index contributed by atoms with van der Waals surface area (Å²) in [5.41, 5.74) is 0.891. The molecule has 0 heterocycles. The molecule has 0 aliphatic carbocycles. The van der Waals surface area contributed by atoms with Crippen molar-refractivity contribution in [2.75, 3.05) is 6.54 Å². The number of nitrogens with zero attached hydrogens (tertiary/aromatic N) is 1. The third kappa shape index (κ3) is 5.18. The molecule has 2 amide bonds. The zero-order chi connectivity index (χ0) is 12.5. The van der Waals surface area contributed by atoms with Crippen LogP contribution in [0.3, 0.4) is 0 Å². The largest absolute Gasteiger partial charge is 0.416 e. The Bertz CT molecular complexity index is 425. The Balaban J connectivity index is 2.26. The first kappa shape index (κ1) is 12.5. The average molecular weight is 233 g/mol. The van der Waals surface area contributed by atoms with E-state index in [0.717, 1.165) is 5.56 Å². The molecule has 0 aliphatic rings. The predicted octanol–water partition coefficient (Wildman–Crippen LogP) is 1.15. The third-order valence-corrected chi connectivity index (χ3v) is 1.78. The number of benzene rings is 1. The van der Waals surface area contributed by atoms with Crippen LogP contribution in [0.25, 0.3) is 0 Å². The monoisotopic (exact) mass is 233 g/mol. The Morgan fingerprint density at radius 1 is 1.18 bits per heavy atom. The van der Waals surface area contributed by atoms with Gasteiger partial charge in [-0.15, -0.1) is 0 Å². The van der Waals surface area contributed by atoms with Crippen molar-refractivity contribution in [3.8, 4) is 6.07 Å². The summed E-state index contributed by atoms with van der Waals surface area (Å²) < 4.78 is 4.32. The van der Waals surface area contributed by atoms with Crippen molar-refractivity contribution in [1.82, 2.24) is 10.6 Å². The molecule has 88 valence electrons. The van der Waals surface area contributed by atoms with Gasteiger partial charge in [0, 0.05) is 6.54 Å². The van der Waals surface area contributed by atoms with Gasteiger partial charge in [-0.05, 0) is 5.56 Å². The SMILES string of the molecule is N#CCNC(=O)OC(=O)NCc1ccccc1. The molecule has 0 bridgehead atoms. The first-order valence-corrected chi connectivity index (χ1v) is 4.87. The smallest absolute Gasteiger partial charge is 0.359 e. The molecule has 1 rings (SSSR count). The van der Waals surface area contributed by atoms with Crippen molar-refractivity contribution in [1.29, 1.82) is 5.26 Å². The fourth-order valence-corrected chi connectivity index (χ4v) is 1.04. The van der Waals surface area contributed by atoms with Crippen LogP contribution < -0.4 is 10.6 Å². The van der Waals surface area contributed by atoms with Crippen LogP contribution in [0.1, 0.15) is 5.56 Å². The minimum atomic E-state index is -0.947. The van der Waals surface area contributed by atoms with E-state index in [1.54, 1.807) is 6.07 Å². The lowest BCUT2D eigenvalue weighted by Crippen LogP contribution is -2.32. The molecule has 1 aromatic rings. The summed E-state index contributed by atoms with van der Waals surface area (Å²) in [4.78, 5) is 22.0. The van der Waals surface area contributed by atoms with Crippen LogP contribution in [-0.4, -0.2) is 18.7 Å². The maximum Gasteiger partial charge on any atom is 0.416 e. The molecule has 17 heavy (non-hydrogen) atoms. The van der Waals surface area contributed by atoms with Gasteiger partial charge >= 0.3 is 12.2 Å². The van der Waals surface area contributed by atoms with Crippen LogP contribution >= 0.6 is 0 Å². The van der Waals surface area contributed by atoms with E-state index in [2.05, 4.69) is 15.4 Å². The van der Waals surface area contributed by atoms with E-state index in [1.807, 2.05) is 30.3 Å². The van der Waals surface area contributed by atoms with Gasteiger partial charge in [0.1, 0.15) is 6.54 Å². The summed E-state index contributed by atoms with van der Waals surface area (Å²) in [5.74, 6) is 0. The first-order chi connectivity index (χ1) is 8.22. The highest BCUT2D eigenvalue weighted by molar-refractivity contribution is 5.83. The first-order valence-electron chi connectivity index (χ1n) is 4.87. The number of nitrogens with one attached hydrogen (secondary N) is 2. The van der Waals surface area contributed by atoms with Gasteiger partial charge in [-0.3, -0.25) is 0 Å². The lowest BCUT2D eigenvalue weighted by atomic mass is 10.2. The standard InChI is InChI=1S/C11H11N3O3/c12-6-7-13-10(15)17-11(16)14-8-9-4-2-1-3-5-9/h1-5H,7-8H2,(H,13,15)(H,14,16). The van der Waals surface area contributed by atoms with E-state index in [4.69, 9.17) is 5.26 Å². The number of hydrogen-bond acceptors (Lipinski definition) is 4. The molecule has 0 spiro atoms. The quantitative estimate of drug-likeness (QED) is 0.605. The number of carbonyl (C=O) groups is 2. The normalized spacial score (nSPS) is 8.88. The van der Waals surface area contributed by atoms with Crippen molar-refractivity contribution < 1.29 is 14.3 Å². The van der Waals surface area contributed by atoms with Crippen molar-refractivity contribution in [2.24, 2.45) is 0 Å². The van der Waals surface area contributed by atoms with Crippen LogP contribution in [0.2, 0.25) is 0 Å². The van der Waals surface area contributed by atoms with Gasteiger partial charge < -0.3 is 15.4 Å². The minimum Gasteiger partial charge on any atom is -0.359 e. The van der Waals surface area contributed by atoms with Crippen LogP contribution in [0.15, 0.2) is 30.3 Å². The number of alkyl carbamates (subject to hydrolysis) is 2. The number of rotatable bonds is 3. The van der Waals surface area contributed by atoms with Gasteiger partial charge in [0.25, 0.3) is 0 Å². The minimum absolute atomic E-state index is 0.204. The third-order valence-electron chi connectivity index (χ3n) is 1.78. The number of ether oxygens (including phenoxy) is 1. The fraction of sp³-hybridized carbons (Fsp3) is 0.182. The highest BCUT2D eigenvalue weighted by atomic mass is 16.6. The topological polar surface area (TPSA) is 91.2 Å². The number of hydrogen-bond donors (Lipinski definition) is 2. The lowest BCUT2D eigenvalue weighted by molar-refractivity contribution is 0.150. The summed E-state index contributed by atoms with van der Waals surface area (Å²) in [6.07, 6.45) is -1.80. The van der Waals surface area contributed by atoms with E-state index < -0.39 is 12.2 Å². The summed E-state index contributed by atoms with van der Waals surface area (Å²) in [5, 5.41) is 12.7. The molecule has 2 N–H and O–H groups in total. The lowest BCUT2D eigenvalue weighted by Gasteiger charge is -2.05. The summed E-state index contributed by atoms with van der Waals surface area (Å²) >= 11 is 0. The molecular weight excluding hydrogens is 222 g/mol. The van der Waals surface area contributed by atoms with Gasteiger partial charge in [-0.1, -0.05) is 30.3 Å². The van der Waals surface area contributed by atoms with Crippen LogP contribution in [0.4, 0.5) is 9.59 Å². The molecule has 0 saturated heterocycles. The maximum atomic E-state index is 11.1. The van der Waals surface area contributed by atoms with Crippen molar-refractivity contribution in [2.45, 2.75) is 6.54 Å². The second-order valence-corrected chi connectivity index (χ2v) is 3.03. The molecule has 0 saturated carbocycles. The van der Waals surface area contributed by atoms with Crippen LogP contribution in [0.5, 0.6) is 0 Å². The Morgan fingerprint density at radius 2 is 1.82 bits per heavy atom. The van der Waals surface area contributed by atoms with E-state index in [1.165, 1.54) is 0 Å². The Kier molecular flexibility index (Phi) is 5.04. The second kappa shape index (κ2) is 6.85. The maximum absolute atomic E-state index is 11.1. The van der Waals surface area contributed by atoms with Gasteiger partial charge in [-0.25, -0.2) is 9.59 Å². The van der Waals surface area contributed by atoms with E-state index >= 15 is 0 Å². The fourth-order valence-electron chi connectivity index (χ4n) is 1.04. The van der Waals surface area contributed by atoms with Gasteiger partial charge in [0.15, 0.2) is 0 Å². The number of carbonyl (C=O) groups excluding carboxylic acids is 2. The Hall–Kier alpha value is -2.55.